The van der Waals surface area contributed by atoms with Crippen LogP contribution >= 0.6 is 0 Å². The number of nitrogens with one attached hydrogen (secondary N) is 1. The van der Waals surface area contributed by atoms with Crippen LogP contribution in [0.2, 0.25) is 0 Å². The minimum atomic E-state index is 0.133. The molecule has 0 unspecified atom stereocenters. The smallest absolute Gasteiger partial charge is 0.239 e. The monoisotopic (exact) mass is 218 g/mol. The van der Waals surface area contributed by atoms with Crippen LogP contribution < -0.4 is 10.2 Å². The molecule has 2 rings (SSSR count). The molecular weight excluding hydrogens is 200 g/mol. The molecule has 1 N–H and O–H groups in total. The first-order chi connectivity index (χ1) is 7.79. The highest BCUT2D eigenvalue weighted by Gasteiger charge is 2.23. The third-order valence-corrected chi connectivity index (χ3v) is 2.78. The zero-order valence-electron chi connectivity index (χ0n) is 9.65. The molecule has 1 amide bonds. The highest BCUT2D eigenvalue weighted by atomic mass is 16.2. The average Bonchev–Trinajstić information content (AvgIpc) is 3.11. The van der Waals surface area contributed by atoms with Crippen LogP contribution in [-0.2, 0) is 4.79 Å². The van der Waals surface area contributed by atoms with Gasteiger partial charge in [-0.3, -0.25) is 4.79 Å². The van der Waals surface area contributed by atoms with Gasteiger partial charge in [0.2, 0.25) is 5.91 Å². The maximum Gasteiger partial charge on any atom is 0.239 e. The number of rotatable bonds is 5. The molecule has 0 saturated heterocycles. The Morgan fingerprint density at radius 1 is 1.38 bits per heavy atom. The number of hydrogen-bond donors (Lipinski definition) is 1. The van der Waals surface area contributed by atoms with E-state index in [1.165, 1.54) is 0 Å². The van der Waals surface area contributed by atoms with Crippen molar-refractivity contribution in [1.82, 2.24) is 5.32 Å². The number of carbonyl (C=O) groups is 1. The Kier molecular flexibility index (Phi) is 3.44. The number of amides is 1. The molecule has 1 aliphatic carbocycles. The lowest BCUT2D eigenvalue weighted by atomic mass is 10.3. The number of hydrogen-bond acceptors (Lipinski definition) is 2. The van der Waals surface area contributed by atoms with Crippen molar-refractivity contribution in [2.24, 2.45) is 0 Å². The van der Waals surface area contributed by atoms with Crippen LogP contribution in [0, 0.1) is 0 Å². The van der Waals surface area contributed by atoms with Crippen molar-refractivity contribution >= 4 is 11.6 Å². The minimum absolute atomic E-state index is 0.133. The molecule has 0 aliphatic heterocycles. The summed E-state index contributed by atoms with van der Waals surface area (Å²) in [6, 6.07) is 10.5. The maximum atomic E-state index is 11.7. The molecule has 16 heavy (non-hydrogen) atoms. The van der Waals surface area contributed by atoms with E-state index in [-0.39, 0.29) is 5.91 Å². The SMILES string of the molecule is CCN(CC(=O)NC1CC1)c1ccccc1. The summed E-state index contributed by atoms with van der Waals surface area (Å²) in [4.78, 5) is 13.8. The zero-order chi connectivity index (χ0) is 11.4. The lowest BCUT2D eigenvalue weighted by Gasteiger charge is -2.22. The van der Waals surface area contributed by atoms with Gasteiger partial charge in [0.15, 0.2) is 0 Å². The van der Waals surface area contributed by atoms with Gasteiger partial charge in [-0.1, -0.05) is 18.2 Å². The first kappa shape index (κ1) is 11.0. The van der Waals surface area contributed by atoms with Gasteiger partial charge in [0.05, 0.1) is 6.54 Å². The van der Waals surface area contributed by atoms with Crippen molar-refractivity contribution < 1.29 is 4.79 Å². The Bertz CT molecular complexity index is 346. The maximum absolute atomic E-state index is 11.7. The lowest BCUT2D eigenvalue weighted by molar-refractivity contribution is -0.119. The molecule has 1 saturated carbocycles. The molecule has 1 aromatic rings. The van der Waals surface area contributed by atoms with E-state index < -0.39 is 0 Å². The van der Waals surface area contributed by atoms with Crippen LogP contribution in [0.5, 0.6) is 0 Å². The van der Waals surface area contributed by atoms with Crippen LogP contribution in [0.1, 0.15) is 19.8 Å². The van der Waals surface area contributed by atoms with Gasteiger partial charge in [0.1, 0.15) is 0 Å². The van der Waals surface area contributed by atoms with E-state index in [1.54, 1.807) is 0 Å². The quantitative estimate of drug-likeness (QED) is 0.817. The molecule has 0 radical (unpaired) electrons. The van der Waals surface area contributed by atoms with Crippen molar-refractivity contribution in [3.05, 3.63) is 30.3 Å². The van der Waals surface area contributed by atoms with Crippen LogP contribution in [-0.4, -0.2) is 25.0 Å². The van der Waals surface area contributed by atoms with Gasteiger partial charge >= 0.3 is 0 Å². The van der Waals surface area contributed by atoms with E-state index in [1.807, 2.05) is 30.3 Å². The second-order valence-corrected chi connectivity index (χ2v) is 4.19. The largest absolute Gasteiger partial charge is 0.363 e. The summed E-state index contributed by atoms with van der Waals surface area (Å²) >= 11 is 0. The standard InChI is InChI=1S/C13H18N2O/c1-2-15(12-6-4-3-5-7-12)10-13(16)14-11-8-9-11/h3-7,11H,2,8-10H2,1H3,(H,14,16). The average molecular weight is 218 g/mol. The van der Waals surface area contributed by atoms with Crippen molar-refractivity contribution in [2.75, 3.05) is 18.0 Å². The molecule has 1 fully saturated rings. The van der Waals surface area contributed by atoms with Gasteiger partial charge < -0.3 is 10.2 Å². The van der Waals surface area contributed by atoms with Gasteiger partial charge in [0, 0.05) is 18.3 Å². The molecule has 0 spiro atoms. The number of carbonyl (C=O) groups excluding carboxylic acids is 1. The molecule has 1 aliphatic rings. The normalized spacial score (nSPS) is 14.6. The van der Waals surface area contributed by atoms with Crippen LogP contribution in [0.25, 0.3) is 0 Å². The van der Waals surface area contributed by atoms with Crippen LogP contribution in [0.3, 0.4) is 0 Å². The summed E-state index contributed by atoms with van der Waals surface area (Å²) in [6.45, 7) is 3.37. The predicted molar refractivity (Wildman–Crippen MR) is 65.5 cm³/mol. The van der Waals surface area contributed by atoms with Crippen molar-refractivity contribution in [1.29, 1.82) is 0 Å². The second kappa shape index (κ2) is 5.01. The minimum Gasteiger partial charge on any atom is -0.363 e. The summed E-state index contributed by atoms with van der Waals surface area (Å²) < 4.78 is 0. The Balaban J connectivity index is 1.91. The van der Waals surface area contributed by atoms with Gasteiger partial charge in [-0.15, -0.1) is 0 Å². The number of para-hydroxylation sites is 1. The van der Waals surface area contributed by atoms with Crippen molar-refractivity contribution in [3.8, 4) is 0 Å². The molecule has 3 nitrogen and oxygen atoms in total. The molecule has 3 heteroatoms. The van der Waals surface area contributed by atoms with Gasteiger partial charge in [0.25, 0.3) is 0 Å². The highest BCUT2D eigenvalue weighted by molar-refractivity contribution is 5.81. The zero-order valence-corrected chi connectivity index (χ0v) is 9.65. The molecule has 0 heterocycles. The summed E-state index contributed by atoms with van der Waals surface area (Å²) in [5.41, 5.74) is 1.11. The number of nitrogens with zero attached hydrogens (tertiary/aromatic N) is 1. The third-order valence-electron chi connectivity index (χ3n) is 2.78. The van der Waals surface area contributed by atoms with E-state index in [0.29, 0.717) is 12.6 Å². The molecule has 0 atom stereocenters. The first-order valence-electron chi connectivity index (χ1n) is 5.89. The second-order valence-electron chi connectivity index (χ2n) is 4.19. The van der Waals surface area contributed by atoms with Crippen molar-refractivity contribution in [3.63, 3.8) is 0 Å². The Morgan fingerprint density at radius 3 is 2.62 bits per heavy atom. The van der Waals surface area contributed by atoms with Crippen LogP contribution in [0.4, 0.5) is 5.69 Å². The van der Waals surface area contributed by atoms with E-state index >= 15 is 0 Å². The molecule has 86 valence electrons. The van der Waals surface area contributed by atoms with E-state index in [4.69, 9.17) is 0 Å². The Hall–Kier alpha value is -1.51. The predicted octanol–water partition coefficient (Wildman–Crippen LogP) is 1.79. The topological polar surface area (TPSA) is 32.3 Å². The van der Waals surface area contributed by atoms with Crippen LogP contribution in [0.15, 0.2) is 30.3 Å². The van der Waals surface area contributed by atoms with Gasteiger partial charge in [-0.25, -0.2) is 0 Å². The molecule has 1 aromatic carbocycles. The fraction of sp³-hybridized carbons (Fsp3) is 0.462. The fourth-order valence-corrected chi connectivity index (χ4v) is 1.70. The van der Waals surface area contributed by atoms with Gasteiger partial charge in [-0.05, 0) is 31.9 Å². The number of anilines is 1. The molecule has 0 aromatic heterocycles. The number of likely N-dealkylation sites (N-methyl/N-ethyl adjacent to an activating group) is 1. The van der Waals surface area contributed by atoms with Crippen molar-refractivity contribution in [2.45, 2.75) is 25.8 Å². The molecule has 0 bridgehead atoms. The number of benzene rings is 1. The summed E-state index contributed by atoms with van der Waals surface area (Å²) in [5.74, 6) is 0.133. The Morgan fingerprint density at radius 2 is 2.06 bits per heavy atom. The van der Waals surface area contributed by atoms with E-state index in [0.717, 1.165) is 25.1 Å². The summed E-state index contributed by atoms with van der Waals surface area (Å²) in [5, 5.41) is 3.01. The lowest BCUT2D eigenvalue weighted by Crippen LogP contribution is -2.38. The highest BCUT2D eigenvalue weighted by Crippen LogP contribution is 2.19. The van der Waals surface area contributed by atoms with Gasteiger partial charge in [-0.2, -0.15) is 0 Å². The van der Waals surface area contributed by atoms with E-state index in [2.05, 4.69) is 17.1 Å². The van der Waals surface area contributed by atoms with E-state index in [9.17, 15) is 4.79 Å². The summed E-state index contributed by atoms with van der Waals surface area (Å²) in [6.07, 6.45) is 2.28. The third kappa shape index (κ3) is 2.99. The first-order valence-corrected chi connectivity index (χ1v) is 5.89. The molecular formula is C13H18N2O. The summed E-state index contributed by atoms with van der Waals surface area (Å²) in [7, 11) is 0. The fourth-order valence-electron chi connectivity index (χ4n) is 1.70. The Labute approximate surface area is 96.5 Å².